The van der Waals surface area contributed by atoms with Gasteiger partial charge in [-0.2, -0.15) is 5.26 Å². The number of nitrogens with one attached hydrogen (secondary N) is 2. The third-order valence-electron chi connectivity index (χ3n) is 3.82. The molecule has 0 bridgehead atoms. The predicted molar refractivity (Wildman–Crippen MR) is 80.4 cm³/mol. The first kappa shape index (κ1) is 13.3. The summed E-state index contributed by atoms with van der Waals surface area (Å²) < 4.78 is 0. The van der Waals surface area contributed by atoms with Gasteiger partial charge < -0.3 is 5.32 Å². The number of fused-ring (bicyclic) bond motifs is 1. The molecule has 0 unspecified atom stereocenters. The monoisotopic (exact) mass is 277 g/mol. The lowest BCUT2D eigenvalue weighted by molar-refractivity contribution is -0.120. The Balaban J connectivity index is 1.99. The Hall–Kier alpha value is -2.64. The van der Waals surface area contributed by atoms with Gasteiger partial charge in [-0.05, 0) is 18.6 Å². The van der Waals surface area contributed by atoms with Crippen LogP contribution in [0.5, 0.6) is 0 Å². The highest BCUT2D eigenvalue weighted by Crippen LogP contribution is 2.37. The lowest BCUT2D eigenvalue weighted by Crippen LogP contribution is -2.47. The van der Waals surface area contributed by atoms with E-state index in [1.54, 1.807) is 12.1 Å². The SMILES string of the molecule is C[C@H](N[C@]1(C#N)C(=O)Nc2ccccc21)c1ccccc1. The Morgan fingerprint density at radius 3 is 2.52 bits per heavy atom. The molecule has 0 radical (unpaired) electrons. The summed E-state index contributed by atoms with van der Waals surface area (Å²) in [7, 11) is 0. The minimum atomic E-state index is -1.34. The molecule has 4 nitrogen and oxygen atoms in total. The van der Waals surface area contributed by atoms with Crippen molar-refractivity contribution < 1.29 is 4.79 Å². The smallest absolute Gasteiger partial charge is 0.264 e. The quantitative estimate of drug-likeness (QED) is 0.906. The molecule has 0 saturated carbocycles. The minimum Gasteiger partial charge on any atom is -0.323 e. The molecule has 104 valence electrons. The molecule has 2 aromatic carbocycles. The summed E-state index contributed by atoms with van der Waals surface area (Å²) in [4.78, 5) is 12.4. The van der Waals surface area contributed by atoms with Crippen molar-refractivity contribution in [2.45, 2.75) is 18.5 Å². The van der Waals surface area contributed by atoms with Crippen LogP contribution < -0.4 is 10.6 Å². The summed E-state index contributed by atoms with van der Waals surface area (Å²) >= 11 is 0. The van der Waals surface area contributed by atoms with E-state index in [1.807, 2.05) is 49.4 Å². The zero-order valence-corrected chi connectivity index (χ0v) is 11.6. The molecule has 1 aliphatic rings. The zero-order valence-electron chi connectivity index (χ0n) is 11.6. The Morgan fingerprint density at radius 2 is 1.81 bits per heavy atom. The van der Waals surface area contributed by atoms with Gasteiger partial charge in [-0.3, -0.25) is 10.1 Å². The number of carbonyl (C=O) groups excluding carboxylic acids is 1. The Morgan fingerprint density at radius 1 is 1.14 bits per heavy atom. The van der Waals surface area contributed by atoms with Crippen molar-refractivity contribution in [2.75, 3.05) is 5.32 Å². The summed E-state index contributed by atoms with van der Waals surface area (Å²) in [5, 5.41) is 15.6. The van der Waals surface area contributed by atoms with E-state index in [9.17, 15) is 10.1 Å². The highest BCUT2D eigenvalue weighted by Gasteiger charge is 2.48. The van der Waals surface area contributed by atoms with Gasteiger partial charge in [-0.15, -0.1) is 0 Å². The highest BCUT2D eigenvalue weighted by molar-refractivity contribution is 6.08. The third kappa shape index (κ3) is 2.08. The van der Waals surface area contributed by atoms with Crippen molar-refractivity contribution in [1.29, 1.82) is 5.26 Å². The number of nitrogens with zero attached hydrogens (tertiary/aromatic N) is 1. The predicted octanol–water partition coefficient (Wildman–Crippen LogP) is 2.71. The lowest BCUT2D eigenvalue weighted by Gasteiger charge is -2.26. The Labute approximate surface area is 123 Å². The van der Waals surface area contributed by atoms with Crippen molar-refractivity contribution >= 4 is 11.6 Å². The lowest BCUT2D eigenvalue weighted by atomic mass is 9.91. The molecule has 1 heterocycles. The largest absolute Gasteiger partial charge is 0.323 e. The molecule has 4 heteroatoms. The maximum Gasteiger partial charge on any atom is 0.264 e. The number of para-hydroxylation sites is 1. The van der Waals surface area contributed by atoms with Gasteiger partial charge >= 0.3 is 0 Å². The average molecular weight is 277 g/mol. The molecule has 1 aliphatic heterocycles. The molecular formula is C17H15N3O. The van der Waals surface area contributed by atoms with Crippen LogP contribution in [0, 0.1) is 11.3 Å². The fourth-order valence-corrected chi connectivity index (χ4v) is 2.69. The first-order valence-corrected chi connectivity index (χ1v) is 6.82. The van der Waals surface area contributed by atoms with E-state index in [0.717, 1.165) is 5.56 Å². The molecule has 21 heavy (non-hydrogen) atoms. The summed E-state index contributed by atoms with van der Waals surface area (Å²) in [6.45, 7) is 1.95. The van der Waals surface area contributed by atoms with Gasteiger partial charge in [0.15, 0.2) is 0 Å². The van der Waals surface area contributed by atoms with Crippen LogP contribution in [-0.2, 0) is 10.3 Å². The van der Waals surface area contributed by atoms with E-state index in [-0.39, 0.29) is 11.9 Å². The van der Waals surface area contributed by atoms with Crippen LogP contribution >= 0.6 is 0 Å². The van der Waals surface area contributed by atoms with Crippen LogP contribution in [0.1, 0.15) is 24.1 Å². The summed E-state index contributed by atoms with van der Waals surface area (Å²) in [5.74, 6) is -0.325. The second-order valence-corrected chi connectivity index (χ2v) is 5.14. The van der Waals surface area contributed by atoms with Crippen molar-refractivity contribution in [3.8, 4) is 6.07 Å². The van der Waals surface area contributed by atoms with E-state index in [1.165, 1.54) is 0 Å². The summed E-state index contributed by atoms with van der Waals surface area (Å²) in [6.07, 6.45) is 0. The minimum absolute atomic E-state index is 0.122. The van der Waals surface area contributed by atoms with Crippen LogP contribution in [0.25, 0.3) is 0 Å². The van der Waals surface area contributed by atoms with E-state index in [4.69, 9.17) is 0 Å². The van der Waals surface area contributed by atoms with Crippen molar-refractivity contribution in [2.24, 2.45) is 0 Å². The number of rotatable bonds is 3. The number of hydrogen-bond acceptors (Lipinski definition) is 3. The number of amides is 1. The van der Waals surface area contributed by atoms with Gasteiger partial charge in [-0.25, -0.2) is 0 Å². The molecular weight excluding hydrogens is 262 g/mol. The summed E-state index contributed by atoms with van der Waals surface area (Å²) in [6, 6.07) is 19.1. The maximum atomic E-state index is 12.4. The van der Waals surface area contributed by atoms with Gasteiger partial charge in [0.05, 0.1) is 0 Å². The normalized spacial score (nSPS) is 21.2. The van der Waals surface area contributed by atoms with E-state index in [2.05, 4.69) is 16.7 Å². The standard InChI is InChI=1S/C17H15N3O/c1-12(13-7-3-2-4-8-13)20-17(11-18)14-9-5-6-10-15(14)19-16(17)21/h2-10,12,20H,1H3,(H,19,21)/t12-,17-/m0/s1. The topological polar surface area (TPSA) is 64.9 Å². The zero-order chi connectivity index (χ0) is 14.9. The molecule has 0 aromatic heterocycles. The first-order valence-electron chi connectivity index (χ1n) is 6.82. The van der Waals surface area contributed by atoms with E-state index < -0.39 is 5.54 Å². The molecule has 0 fully saturated rings. The third-order valence-corrected chi connectivity index (χ3v) is 3.82. The molecule has 0 aliphatic carbocycles. The number of benzene rings is 2. The maximum absolute atomic E-state index is 12.4. The molecule has 3 rings (SSSR count). The van der Waals surface area contributed by atoms with Crippen LogP contribution in [0.15, 0.2) is 54.6 Å². The van der Waals surface area contributed by atoms with Gasteiger partial charge in [0.25, 0.3) is 5.91 Å². The number of anilines is 1. The van der Waals surface area contributed by atoms with Crippen molar-refractivity contribution in [3.05, 3.63) is 65.7 Å². The molecule has 2 atom stereocenters. The Bertz CT molecular complexity index is 720. The number of hydrogen-bond donors (Lipinski definition) is 2. The second kappa shape index (κ2) is 5.04. The summed E-state index contributed by atoms with van der Waals surface area (Å²) in [5.41, 5.74) is 1.06. The van der Waals surface area contributed by atoms with Crippen LogP contribution in [0.3, 0.4) is 0 Å². The molecule has 2 aromatic rings. The molecule has 0 saturated heterocycles. The fourth-order valence-electron chi connectivity index (χ4n) is 2.69. The van der Waals surface area contributed by atoms with E-state index >= 15 is 0 Å². The number of nitriles is 1. The molecule has 0 spiro atoms. The van der Waals surface area contributed by atoms with Crippen LogP contribution in [-0.4, -0.2) is 5.91 Å². The Kier molecular flexibility index (Phi) is 3.20. The van der Waals surface area contributed by atoms with Gasteiger partial charge in [-0.1, -0.05) is 48.5 Å². The number of carbonyl (C=O) groups is 1. The molecule has 2 N–H and O–H groups in total. The fraction of sp³-hybridized carbons (Fsp3) is 0.176. The van der Waals surface area contributed by atoms with Crippen molar-refractivity contribution in [3.63, 3.8) is 0 Å². The van der Waals surface area contributed by atoms with Gasteiger partial charge in [0.2, 0.25) is 5.54 Å². The van der Waals surface area contributed by atoms with Gasteiger partial charge in [0.1, 0.15) is 6.07 Å². The van der Waals surface area contributed by atoms with Crippen LogP contribution in [0.4, 0.5) is 5.69 Å². The van der Waals surface area contributed by atoms with Crippen molar-refractivity contribution in [1.82, 2.24) is 5.32 Å². The van der Waals surface area contributed by atoms with E-state index in [0.29, 0.717) is 11.3 Å². The molecule has 1 amide bonds. The highest BCUT2D eigenvalue weighted by atomic mass is 16.2. The van der Waals surface area contributed by atoms with Crippen LogP contribution in [0.2, 0.25) is 0 Å². The first-order chi connectivity index (χ1) is 10.2. The second-order valence-electron chi connectivity index (χ2n) is 5.14. The average Bonchev–Trinajstić information content (AvgIpc) is 2.81. The van der Waals surface area contributed by atoms with Gasteiger partial charge in [0, 0.05) is 17.3 Å².